The van der Waals surface area contributed by atoms with Crippen molar-refractivity contribution in [1.29, 1.82) is 0 Å². The summed E-state index contributed by atoms with van der Waals surface area (Å²) < 4.78 is 221. The Hall–Kier alpha value is -11.1. The lowest BCUT2D eigenvalue weighted by molar-refractivity contribution is -0.138. The van der Waals surface area contributed by atoms with Gasteiger partial charge in [-0.05, 0) is 257 Å². The maximum atomic E-state index is 13.6. The molecule has 0 aliphatic heterocycles. The largest absolute Gasteiger partial charge is 0.416 e. The minimum Gasteiger partial charge on any atom is -0.207 e. The topological polar surface area (TPSA) is 0 Å². The summed E-state index contributed by atoms with van der Waals surface area (Å²) in [7, 11) is -2.87. The molecule has 0 saturated carbocycles. The molecule has 598 valence electrons. The number of halogens is 17. The van der Waals surface area contributed by atoms with E-state index in [0.29, 0.717) is 19.6 Å². The monoisotopic (exact) mass is 1710 g/mol. The summed E-state index contributed by atoms with van der Waals surface area (Å²) in [4.78, 5) is 13.1. The van der Waals surface area contributed by atoms with E-state index < -0.39 is 113 Å². The highest BCUT2D eigenvalue weighted by Crippen LogP contribution is 2.41. The molecule has 0 bridgehead atoms. The number of hydrogen-bond acceptors (Lipinski definition) is 0. The standard InChI is InChI=1S/C21H15F6S.C20H16F3S.C19H14F3S.C18H12F3S.C18H13F2S/c1-14-2-8-17(9-3-14)28(18-10-4-15(5-11-18)20(22,23)24)19-12-6-16(7-13-19)21(25,26)27;1-15-7-11-18(12-8-15)24(17-5-3-2-4-6-17)19-13-9-16(10-14-19)20(21,22)23;20-19(21,22)15-8-7-13-18(14-15)23(16-9-3-1-4-10-16)17-11-5-2-6-12-17;19-13-1-7-16(8-2-13)22(17-9-3-14(20)4-10-17)18-11-5-15(21)6-12-18;19-14-11-15(20)13-18(12-14)21(16-7-3-1-4-8-16)17-9-5-2-6-10-17/h2-13H,1H3;2-14H,1H3;1-14H;1-12H;1-13H/q5*+1. The van der Waals surface area contributed by atoms with Crippen molar-refractivity contribution in [3.8, 4) is 0 Å². The summed E-state index contributed by atoms with van der Waals surface area (Å²) in [6.45, 7) is 3.92. The van der Waals surface area contributed by atoms with Crippen LogP contribution in [0.5, 0.6) is 0 Å². The minimum absolute atomic E-state index is 0.314. The molecule has 0 fully saturated rings. The molecule has 1 unspecified atom stereocenters. The van der Waals surface area contributed by atoms with Gasteiger partial charge in [0, 0.05) is 24.3 Å². The van der Waals surface area contributed by atoms with E-state index in [-0.39, 0.29) is 17.5 Å². The lowest BCUT2D eigenvalue weighted by Crippen LogP contribution is -2.09. The fourth-order valence-corrected chi connectivity index (χ4v) is 22.1. The molecule has 0 aliphatic carbocycles. The second-order valence-electron chi connectivity index (χ2n) is 25.8. The molecule has 0 heterocycles. The van der Waals surface area contributed by atoms with Gasteiger partial charge in [-0.15, -0.1) is 0 Å². The average molecular weight is 1710 g/mol. The van der Waals surface area contributed by atoms with Crippen molar-refractivity contribution in [3.05, 3.63) is 451 Å². The van der Waals surface area contributed by atoms with Crippen molar-refractivity contribution in [2.24, 2.45) is 0 Å². The first-order valence-electron chi connectivity index (χ1n) is 36.0. The third kappa shape index (κ3) is 24.5. The summed E-state index contributed by atoms with van der Waals surface area (Å²) in [6.07, 6.45) is -17.5. The maximum Gasteiger partial charge on any atom is 0.416 e. The van der Waals surface area contributed by atoms with Gasteiger partial charge in [0.25, 0.3) is 0 Å². The molecular formula is C96H70F17S5+5. The van der Waals surface area contributed by atoms with Gasteiger partial charge in [-0.2, -0.15) is 52.7 Å². The Kier molecular flexibility index (Phi) is 30.0. The molecular weight excluding hydrogens is 1640 g/mol. The fraction of sp³-hybridized carbons (Fsp3) is 0.0625. The van der Waals surface area contributed by atoms with Gasteiger partial charge in [0.15, 0.2) is 73.4 Å². The minimum atomic E-state index is -4.45. The first kappa shape index (κ1) is 87.7. The Balaban J connectivity index is 0.000000145. The Bertz CT molecular complexity index is 5330. The summed E-state index contributed by atoms with van der Waals surface area (Å²) in [6, 6.07) is 107. The second kappa shape index (κ2) is 40.3. The molecule has 0 saturated heterocycles. The number of alkyl halides is 12. The van der Waals surface area contributed by atoms with Crippen LogP contribution in [-0.4, -0.2) is 0 Å². The SMILES string of the molecule is Cc1ccc([S+](c2ccc(C(F)(F)F)cc2)c2ccc(C(F)(F)F)cc2)cc1.Cc1ccc([S+](c2ccccc2)c2ccc(C(F)(F)F)cc2)cc1.FC(F)(F)c1cccc([S+](c2ccccc2)c2ccccc2)c1.Fc1cc(F)cc([S+](c2ccccc2)c2ccccc2)c1.Fc1ccc([S+](c2ccc(F)cc2)c2ccc(F)cc2)cc1. The maximum absolute atomic E-state index is 13.6. The molecule has 15 rings (SSSR count). The number of aryl methyl sites for hydroxylation is 2. The molecule has 0 N–H and O–H groups in total. The molecule has 15 aromatic carbocycles. The van der Waals surface area contributed by atoms with Crippen LogP contribution < -0.4 is 0 Å². The van der Waals surface area contributed by atoms with E-state index in [2.05, 4.69) is 0 Å². The molecule has 0 aromatic heterocycles. The van der Waals surface area contributed by atoms with Crippen LogP contribution in [0.2, 0.25) is 0 Å². The third-order valence-corrected chi connectivity index (χ3v) is 28.4. The van der Waals surface area contributed by atoms with Crippen molar-refractivity contribution in [2.45, 2.75) is 112 Å². The molecule has 0 spiro atoms. The smallest absolute Gasteiger partial charge is 0.207 e. The van der Waals surface area contributed by atoms with Gasteiger partial charge in [-0.3, -0.25) is 0 Å². The first-order chi connectivity index (χ1) is 56.4. The molecule has 1 atom stereocenters. The van der Waals surface area contributed by atoms with Crippen LogP contribution in [0.1, 0.15) is 33.4 Å². The van der Waals surface area contributed by atoms with Crippen molar-refractivity contribution in [1.82, 2.24) is 0 Å². The van der Waals surface area contributed by atoms with Crippen LogP contribution in [0.4, 0.5) is 74.6 Å². The van der Waals surface area contributed by atoms with Crippen molar-refractivity contribution in [3.63, 3.8) is 0 Å². The van der Waals surface area contributed by atoms with E-state index in [0.717, 1.165) is 114 Å². The van der Waals surface area contributed by atoms with Crippen LogP contribution in [-0.2, 0) is 79.2 Å². The van der Waals surface area contributed by atoms with E-state index in [1.807, 2.05) is 214 Å². The predicted molar refractivity (Wildman–Crippen MR) is 437 cm³/mol. The molecule has 118 heavy (non-hydrogen) atoms. The zero-order valence-electron chi connectivity index (χ0n) is 62.4. The van der Waals surface area contributed by atoms with E-state index >= 15 is 0 Å². The number of rotatable bonds is 15. The quantitative estimate of drug-likeness (QED) is 0.0709. The molecule has 0 nitrogen and oxygen atoms in total. The van der Waals surface area contributed by atoms with Gasteiger partial charge in [0.1, 0.15) is 29.1 Å². The van der Waals surface area contributed by atoms with Gasteiger partial charge in [0.05, 0.1) is 76.7 Å². The van der Waals surface area contributed by atoms with Crippen LogP contribution in [0.3, 0.4) is 0 Å². The Labute approximate surface area is 687 Å². The molecule has 22 heteroatoms. The zero-order chi connectivity index (χ0) is 84.2. The van der Waals surface area contributed by atoms with Crippen LogP contribution in [0, 0.1) is 42.9 Å². The van der Waals surface area contributed by atoms with Gasteiger partial charge >= 0.3 is 24.7 Å². The van der Waals surface area contributed by atoms with Crippen LogP contribution in [0.25, 0.3) is 0 Å². The molecule has 0 aliphatic rings. The van der Waals surface area contributed by atoms with Gasteiger partial charge in [-0.1, -0.05) is 132 Å². The first-order valence-corrected chi connectivity index (χ1v) is 42.1. The summed E-state index contributed by atoms with van der Waals surface area (Å²) in [5.74, 6) is -2.04. The average Bonchev–Trinajstić information content (AvgIpc) is 0.811. The molecule has 15 aromatic rings. The lowest BCUT2D eigenvalue weighted by atomic mass is 10.2. The third-order valence-electron chi connectivity index (χ3n) is 17.3. The highest BCUT2D eigenvalue weighted by Gasteiger charge is 2.39. The van der Waals surface area contributed by atoms with Gasteiger partial charge in [-0.25, -0.2) is 22.0 Å². The van der Waals surface area contributed by atoms with Crippen LogP contribution in [0.15, 0.2) is 462 Å². The summed E-state index contributed by atoms with van der Waals surface area (Å²) in [5.41, 5.74) is -0.603. The Morgan fingerprint density at radius 2 is 0.339 bits per heavy atom. The highest BCUT2D eigenvalue weighted by molar-refractivity contribution is 7.98. The second-order valence-corrected chi connectivity index (χ2v) is 35.9. The van der Waals surface area contributed by atoms with Crippen LogP contribution >= 0.6 is 0 Å². The predicted octanol–water partition coefficient (Wildman–Crippen LogP) is 29.3. The Morgan fingerprint density at radius 3 is 0.568 bits per heavy atom. The van der Waals surface area contributed by atoms with Crippen molar-refractivity contribution < 1.29 is 74.6 Å². The fourth-order valence-electron chi connectivity index (χ4n) is 11.7. The van der Waals surface area contributed by atoms with E-state index in [9.17, 15) is 74.6 Å². The highest BCUT2D eigenvalue weighted by atomic mass is 32.2. The summed E-state index contributed by atoms with van der Waals surface area (Å²) >= 11 is 0. The molecule has 0 radical (unpaired) electrons. The lowest BCUT2D eigenvalue weighted by Gasteiger charge is -2.11. The van der Waals surface area contributed by atoms with E-state index in [1.54, 1.807) is 54.6 Å². The normalized spacial score (nSPS) is 11.8. The van der Waals surface area contributed by atoms with E-state index in [4.69, 9.17) is 0 Å². The van der Waals surface area contributed by atoms with Gasteiger partial charge in [0.2, 0.25) is 0 Å². The van der Waals surface area contributed by atoms with Crippen molar-refractivity contribution >= 4 is 54.5 Å². The molecule has 0 amide bonds. The zero-order valence-corrected chi connectivity index (χ0v) is 66.5. The Morgan fingerprint density at radius 1 is 0.153 bits per heavy atom. The summed E-state index contributed by atoms with van der Waals surface area (Å²) in [5, 5.41) is 0. The van der Waals surface area contributed by atoms with Gasteiger partial charge < -0.3 is 0 Å². The van der Waals surface area contributed by atoms with E-state index in [1.165, 1.54) is 84.9 Å². The number of benzene rings is 15. The van der Waals surface area contributed by atoms with Crippen molar-refractivity contribution in [2.75, 3.05) is 0 Å². The number of hydrogen-bond donors (Lipinski definition) is 0.